The summed E-state index contributed by atoms with van der Waals surface area (Å²) in [4.78, 5) is 39.6. The molecule has 1 saturated heterocycles. The number of aliphatic carboxylic acids is 1. The van der Waals surface area contributed by atoms with Crippen molar-refractivity contribution in [1.29, 1.82) is 0 Å². The third kappa shape index (κ3) is 4.98. The number of piperidine rings is 1. The molecule has 150 valence electrons. The van der Waals surface area contributed by atoms with E-state index in [0.717, 1.165) is 9.47 Å². The number of rotatable bonds is 5. The summed E-state index contributed by atoms with van der Waals surface area (Å²) in [7, 11) is 0. The topological polar surface area (TPSA) is 105 Å². The van der Waals surface area contributed by atoms with Crippen molar-refractivity contribution >= 4 is 17.7 Å². The van der Waals surface area contributed by atoms with Crippen LogP contribution in [-0.2, 0) is 16.1 Å². The molecule has 11 heteroatoms. The normalized spacial score (nSPS) is 20.4. The average Bonchev–Trinajstić information content (AvgIpc) is 2.56. The lowest BCUT2D eigenvalue weighted by molar-refractivity contribution is -0.189. The van der Waals surface area contributed by atoms with Gasteiger partial charge in [-0.05, 0) is 25.7 Å². The van der Waals surface area contributed by atoms with Crippen LogP contribution in [0.25, 0.3) is 0 Å². The number of nitrogens with one attached hydrogen (secondary N) is 1. The van der Waals surface area contributed by atoms with Gasteiger partial charge in [0.2, 0.25) is 0 Å². The van der Waals surface area contributed by atoms with Crippen LogP contribution in [0.1, 0.15) is 25.5 Å². The molecule has 8 nitrogen and oxygen atoms in total. The first kappa shape index (κ1) is 20.7. The Labute approximate surface area is 153 Å². The van der Waals surface area contributed by atoms with Gasteiger partial charge in [-0.15, -0.1) is 0 Å². The fourth-order valence-electron chi connectivity index (χ4n) is 3.11. The minimum absolute atomic E-state index is 0.0174. The molecule has 0 bridgehead atoms. The van der Waals surface area contributed by atoms with Crippen molar-refractivity contribution in [2.24, 2.45) is 5.92 Å². The van der Waals surface area contributed by atoms with Crippen LogP contribution in [-0.4, -0.2) is 56.7 Å². The fraction of sp³-hybridized carbons (Fsp3) is 0.625. The molecule has 0 radical (unpaired) electrons. The number of anilines is 1. The molecule has 0 aliphatic carbocycles. The standard InChI is InChI=1S/C16H21F3N4O4/c1-9-3-4-22(15(27)16(17,18)19)11(5-9)7-21-13-14(26)23(8-12(24)25)10(2)6-20-13/h6,9,11H,3-5,7-8H2,1-2H3,(H,20,21)(H,24,25)/t9-,11-/m1/s1. The van der Waals surface area contributed by atoms with E-state index in [4.69, 9.17) is 5.11 Å². The lowest BCUT2D eigenvalue weighted by Crippen LogP contribution is -2.53. The van der Waals surface area contributed by atoms with Gasteiger partial charge < -0.3 is 15.3 Å². The molecule has 0 spiro atoms. The van der Waals surface area contributed by atoms with E-state index in [0.29, 0.717) is 18.5 Å². The highest BCUT2D eigenvalue weighted by Crippen LogP contribution is 2.27. The molecule has 0 unspecified atom stereocenters. The molecule has 0 saturated carbocycles. The van der Waals surface area contributed by atoms with Gasteiger partial charge in [0.05, 0.1) is 0 Å². The Balaban J connectivity index is 2.19. The van der Waals surface area contributed by atoms with Crippen LogP contribution in [0, 0.1) is 12.8 Å². The van der Waals surface area contributed by atoms with Crippen molar-refractivity contribution in [3.05, 3.63) is 22.2 Å². The minimum Gasteiger partial charge on any atom is -0.480 e. The van der Waals surface area contributed by atoms with Crippen LogP contribution in [0.2, 0.25) is 0 Å². The first-order valence-electron chi connectivity index (χ1n) is 8.40. The van der Waals surface area contributed by atoms with Crippen molar-refractivity contribution < 1.29 is 27.9 Å². The molecular formula is C16H21F3N4O4. The summed E-state index contributed by atoms with van der Waals surface area (Å²) < 4.78 is 39.5. The molecule has 1 fully saturated rings. The number of carbonyl (C=O) groups is 2. The summed E-state index contributed by atoms with van der Waals surface area (Å²) in [5.74, 6) is -3.15. The molecule has 0 aromatic carbocycles. The van der Waals surface area contributed by atoms with Crippen LogP contribution in [0.4, 0.5) is 19.0 Å². The Morgan fingerprint density at radius 1 is 1.41 bits per heavy atom. The minimum atomic E-state index is -4.96. The molecule has 27 heavy (non-hydrogen) atoms. The first-order valence-corrected chi connectivity index (χ1v) is 8.40. The third-order valence-electron chi connectivity index (χ3n) is 4.53. The molecule has 2 rings (SSSR count). The van der Waals surface area contributed by atoms with Gasteiger partial charge in [0.25, 0.3) is 5.56 Å². The fourth-order valence-corrected chi connectivity index (χ4v) is 3.11. The number of likely N-dealkylation sites (tertiary alicyclic amines) is 1. The summed E-state index contributed by atoms with van der Waals surface area (Å²) in [5.41, 5.74) is -0.344. The van der Waals surface area contributed by atoms with E-state index < -0.39 is 36.2 Å². The lowest BCUT2D eigenvalue weighted by atomic mass is 9.92. The summed E-state index contributed by atoms with van der Waals surface area (Å²) in [6.45, 7) is 2.74. The van der Waals surface area contributed by atoms with E-state index in [-0.39, 0.29) is 24.8 Å². The van der Waals surface area contributed by atoms with E-state index in [2.05, 4.69) is 10.3 Å². The van der Waals surface area contributed by atoms with Crippen LogP contribution < -0.4 is 10.9 Å². The monoisotopic (exact) mass is 390 g/mol. The second-order valence-corrected chi connectivity index (χ2v) is 6.69. The molecule has 1 aliphatic heterocycles. The van der Waals surface area contributed by atoms with Crippen molar-refractivity contribution in [3.8, 4) is 0 Å². The number of nitrogens with zero attached hydrogens (tertiary/aromatic N) is 3. The highest BCUT2D eigenvalue weighted by molar-refractivity contribution is 5.82. The zero-order chi connectivity index (χ0) is 20.4. The smallest absolute Gasteiger partial charge is 0.471 e. The van der Waals surface area contributed by atoms with Gasteiger partial charge in [-0.1, -0.05) is 6.92 Å². The molecule has 1 aromatic heterocycles. The zero-order valence-electron chi connectivity index (χ0n) is 14.9. The van der Waals surface area contributed by atoms with Crippen molar-refractivity contribution in [2.75, 3.05) is 18.4 Å². The highest BCUT2D eigenvalue weighted by Gasteiger charge is 2.45. The highest BCUT2D eigenvalue weighted by atomic mass is 19.4. The molecule has 2 N–H and O–H groups in total. The van der Waals surface area contributed by atoms with E-state index in [1.807, 2.05) is 6.92 Å². The van der Waals surface area contributed by atoms with Gasteiger partial charge in [-0.3, -0.25) is 19.0 Å². The van der Waals surface area contributed by atoms with E-state index in [1.54, 1.807) is 0 Å². The second kappa shape index (κ2) is 7.97. The van der Waals surface area contributed by atoms with Crippen molar-refractivity contribution in [1.82, 2.24) is 14.5 Å². The Kier molecular flexibility index (Phi) is 6.11. The van der Waals surface area contributed by atoms with Gasteiger partial charge in [0, 0.05) is 31.0 Å². The maximum Gasteiger partial charge on any atom is 0.471 e. The number of aromatic nitrogens is 2. The number of carbonyl (C=O) groups excluding carboxylic acids is 1. The number of alkyl halides is 3. The van der Waals surface area contributed by atoms with Gasteiger partial charge in [-0.2, -0.15) is 13.2 Å². The molecule has 2 atom stereocenters. The molecule has 1 aliphatic rings. The van der Waals surface area contributed by atoms with E-state index in [1.165, 1.54) is 13.1 Å². The van der Waals surface area contributed by atoms with Gasteiger partial charge >= 0.3 is 18.1 Å². The molecule has 2 heterocycles. The average molecular weight is 390 g/mol. The number of hydrogen-bond donors (Lipinski definition) is 2. The largest absolute Gasteiger partial charge is 0.480 e. The van der Waals surface area contributed by atoms with Gasteiger partial charge in [-0.25, -0.2) is 4.98 Å². The Hall–Kier alpha value is -2.59. The zero-order valence-corrected chi connectivity index (χ0v) is 14.9. The molecule has 1 aromatic rings. The van der Waals surface area contributed by atoms with E-state index >= 15 is 0 Å². The third-order valence-corrected chi connectivity index (χ3v) is 4.53. The van der Waals surface area contributed by atoms with Gasteiger partial charge in [0.15, 0.2) is 5.82 Å². The SMILES string of the molecule is Cc1cnc(NC[C@H]2C[C@H](C)CCN2C(=O)C(F)(F)F)c(=O)n1CC(=O)O. The predicted molar refractivity (Wildman–Crippen MR) is 89.3 cm³/mol. The number of amides is 1. The number of carboxylic acids is 1. The number of aryl methyl sites for hydroxylation is 1. The van der Waals surface area contributed by atoms with Crippen molar-refractivity contribution in [3.63, 3.8) is 0 Å². The molecule has 1 amide bonds. The summed E-state index contributed by atoms with van der Waals surface area (Å²) in [6.07, 6.45) is -2.85. The summed E-state index contributed by atoms with van der Waals surface area (Å²) in [6, 6.07) is -0.752. The van der Waals surface area contributed by atoms with Crippen LogP contribution >= 0.6 is 0 Å². The van der Waals surface area contributed by atoms with Gasteiger partial charge in [0.1, 0.15) is 6.54 Å². The number of halogens is 3. The maximum atomic E-state index is 12.8. The second-order valence-electron chi connectivity index (χ2n) is 6.69. The van der Waals surface area contributed by atoms with E-state index in [9.17, 15) is 27.6 Å². The number of carboxylic acid groups (broad SMARTS) is 1. The van der Waals surface area contributed by atoms with Crippen LogP contribution in [0.15, 0.2) is 11.0 Å². The van der Waals surface area contributed by atoms with Crippen LogP contribution in [0.5, 0.6) is 0 Å². The quantitative estimate of drug-likeness (QED) is 0.784. The Morgan fingerprint density at radius 3 is 2.67 bits per heavy atom. The number of hydrogen-bond acceptors (Lipinski definition) is 5. The Morgan fingerprint density at radius 2 is 2.07 bits per heavy atom. The van der Waals surface area contributed by atoms with Crippen LogP contribution in [0.3, 0.4) is 0 Å². The predicted octanol–water partition coefficient (Wildman–Crippen LogP) is 1.24. The van der Waals surface area contributed by atoms with Crippen molar-refractivity contribution in [2.45, 2.75) is 45.5 Å². The first-order chi connectivity index (χ1) is 12.5. The maximum absolute atomic E-state index is 12.8. The molecular weight excluding hydrogens is 369 g/mol. The summed E-state index contributed by atoms with van der Waals surface area (Å²) >= 11 is 0. The Bertz CT molecular complexity index is 778. The lowest BCUT2D eigenvalue weighted by Gasteiger charge is -2.38. The summed E-state index contributed by atoms with van der Waals surface area (Å²) in [5, 5.41) is 11.6.